The highest BCUT2D eigenvalue weighted by Gasteiger charge is 2.10. The van der Waals surface area contributed by atoms with Crippen molar-refractivity contribution in [2.75, 3.05) is 13.2 Å². The van der Waals surface area contributed by atoms with Gasteiger partial charge < -0.3 is 10.1 Å². The van der Waals surface area contributed by atoms with E-state index >= 15 is 0 Å². The Morgan fingerprint density at radius 3 is 2.78 bits per heavy atom. The lowest BCUT2D eigenvalue weighted by molar-refractivity contribution is -0.122. The summed E-state index contributed by atoms with van der Waals surface area (Å²) in [5, 5.41) is 2.48. The third-order valence-corrected chi connectivity index (χ3v) is 2.26. The maximum Gasteiger partial charge on any atom is 0.258 e. The highest BCUT2D eigenvalue weighted by Crippen LogP contribution is 2.20. The Hall–Kier alpha value is -2.28. The molecule has 1 amide bonds. The zero-order chi connectivity index (χ0) is 13.5. The molecule has 1 aromatic carbocycles. The smallest absolute Gasteiger partial charge is 0.258 e. The first-order valence-corrected chi connectivity index (χ1v) is 5.49. The van der Waals surface area contributed by atoms with E-state index in [1.165, 1.54) is 6.92 Å². The molecule has 0 aliphatic carbocycles. The highest BCUT2D eigenvalue weighted by molar-refractivity contribution is 5.97. The van der Waals surface area contributed by atoms with Gasteiger partial charge in [0.25, 0.3) is 5.91 Å². The lowest BCUT2D eigenvalue weighted by Crippen LogP contribution is -2.29. The highest BCUT2D eigenvalue weighted by atomic mass is 16.5. The largest absolute Gasteiger partial charge is 0.483 e. The van der Waals surface area contributed by atoms with Gasteiger partial charge in [-0.25, -0.2) is 0 Å². The molecule has 0 spiro atoms. The van der Waals surface area contributed by atoms with Crippen molar-refractivity contribution < 1.29 is 14.3 Å². The second-order valence-corrected chi connectivity index (χ2v) is 3.83. The van der Waals surface area contributed by atoms with Crippen LogP contribution in [-0.2, 0) is 4.79 Å². The molecule has 0 radical (unpaired) electrons. The van der Waals surface area contributed by atoms with Crippen molar-refractivity contribution in [1.82, 2.24) is 5.32 Å². The van der Waals surface area contributed by atoms with Crippen molar-refractivity contribution in [2.24, 2.45) is 0 Å². The molecular weight excluding hydrogens is 230 g/mol. The normalized spacial score (nSPS) is 9.39. The van der Waals surface area contributed by atoms with Gasteiger partial charge in [0.15, 0.2) is 12.4 Å². The third-order valence-electron chi connectivity index (χ3n) is 2.26. The van der Waals surface area contributed by atoms with Crippen LogP contribution in [0.2, 0.25) is 0 Å². The quantitative estimate of drug-likeness (QED) is 0.629. The number of ketones is 1. The Morgan fingerprint density at radius 1 is 1.44 bits per heavy atom. The molecule has 0 saturated carbocycles. The maximum atomic E-state index is 11.4. The summed E-state index contributed by atoms with van der Waals surface area (Å²) in [6, 6.07) is 5.23. The summed E-state index contributed by atoms with van der Waals surface area (Å²) in [7, 11) is 0. The molecule has 18 heavy (non-hydrogen) atoms. The molecule has 0 bridgehead atoms. The molecule has 0 saturated heterocycles. The zero-order valence-corrected chi connectivity index (χ0v) is 10.4. The van der Waals surface area contributed by atoms with Crippen LogP contribution in [0.3, 0.4) is 0 Å². The molecule has 0 aliphatic rings. The first kappa shape index (κ1) is 13.8. The van der Waals surface area contributed by atoms with Gasteiger partial charge in [-0.05, 0) is 26.0 Å². The van der Waals surface area contributed by atoms with Gasteiger partial charge in [0.2, 0.25) is 0 Å². The Balaban J connectivity index is 2.70. The van der Waals surface area contributed by atoms with Crippen molar-refractivity contribution in [3.05, 3.63) is 29.3 Å². The minimum absolute atomic E-state index is 0.0993. The number of terminal acetylenes is 1. The van der Waals surface area contributed by atoms with Crippen LogP contribution in [0.15, 0.2) is 18.2 Å². The topological polar surface area (TPSA) is 55.4 Å². The van der Waals surface area contributed by atoms with E-state index in [-0.39, 0.29) is 24.8 Å². The molecule has 0 heterocycles. The number of hydrogen-bond acceptors (Lipinski definition) is 3. The SMILES string of the molecule is C#CCNC(=O)COc1ccc(C)cc1C(C)=O. The van der Waals surface area contributed by atoms with Crippen molar-refractivity contribution in [3.8, 4) is 18.1 Å². The zero-order valence-electron chi connectivity index (χ0n) is 10.4. The average Bonchev–Trinajstić information content (AvgIpc) is 2.34. The summed E-state index contributed by atoms with van der Waals surface area (Å²) in [6.07, 6.45) is 5.01. The second kappa shape index (κ2) is 6.45. The van der Waals surface area contributed by atoms with Crippen LogP contribution in [0, 0.1) is 19.3 Å². The number of carbonyl (C=O) groups is 2. The lowest BCUT2D eigenvalue weighted by Gasteiger charge is -2.10. The molecule has 4 nitrogen and oxygen atoms in total. The molecule has 0 atom stereocenters. The van der Waals surface area contributed by atoms with E-state index in [2.05, 4.69) is 11.2 Å². The molecule has 1 rings (SSSR count). The van der Waals surface area contributed by atoms with Crippen LogP contribution >= 0.6 is 0 Å². The fraction of sp³-hybridized carbons (Fsp3) is 0.286. The van der Waals surface area contributed by atoms with E-state index in [9.17, 15) is 9.59 Å². The van der Waals surface area contributed by atoms with Crippen molar-refractivity contribution in [3.63, 3.8) is 0 Å². The van der Waals surface area contributed by atoms with E-state index in [4.69, 9.17) is 11.2 Å². The minimum Gasteiger partial charge on any atom is -0.483 e. The predicted octanol–water partition coefficient (Wildman–Crippen LogP) is 1.33. The molecule has 0 unspecified atom stereocenters. The molecule has 0 aromatic heterocycles. The molecule has 1 aromatic rings. The molecule has 0 aliphatic heterocycles. The Morgan fingerprint density at radius 2 is 2.17 bits per heavy atom. The second-order valence-electron chi connectivity index (χ2n) is 3.83. The minimum atomic E-state index is -0.317. The summed E-state index contributed by atoms with van der Waals surface area (Å²) in [4.78, 5) is 22.7. The fourth-order valence-corrected chi connectivity index (χ4v) is 1.39. The van der Waals surface area contributed by atoms with Gasteiger partial charge in [0, 0.05) is 0 Å². The van der Waals surface area contributed by atoms with Crippen LogP contribution in [-0.4, -0.2) is 24.8 Å². The first-order chi connectivity index (χ1) is 8.54. The van der Waals surface area contributed by atoms with Crippen LogP contribution in [0.25, 0.3) is 0 Å². The van der Waals surface area contributed by atoms with Gasteiger partial charge in [-0.2, -0.15) is 0 Å². The van der Waals surface area contributed by atoms with Gasteiger partial charge in [-0.1, -0.05) is 17.6 Å². The summed E-state index contributed by atoms with van der Waals surface area (Å²) >= 11 is 0. The predicted molar refractivity (Wildman–Crippen MR) is 68.5 cm³/mol. The Bertz CT molecular complexity index is 500. The number of Topliss-reactive ketones (excluding diaryl/α,β-unsaturated/α-hetero) is 1. The van der Waals surface area contributed by atoms with Gasteiger partial charge in [-0.15, -0.1) is 6.42 Å². The standard InChI is InChI=1S/C14H15NO3/c1-4-7-15-14(17)9-18-13-6-5-10(2)8-12(13)11(3)16/h1,5-6,8H,7,9H2,2-3H3,(H,15,17). The van der Waals surface area contributed by atoms with Crippen molar-refractivity contribution in [2.45, 2.75) is 13.8 Å². The van der Waals surface area contributed by atoms with Gasteiger partial charge >= 0.3 is 0 Å². The number of aryl methyl sites for hydroxylation is 1. The first-order valence-electron chi connectivity index (χ1n) is 5.49. The number of benzene rings is 1. The lowest BCUT2D eigenvalue weighted by atomic mass is 10.1. The van der Waals surface area contributed by atoms with Gasteiger partial charge in [0.1, 0.15) is 5.75 Å². The molecule has 4 heteroatoms. The summed E-state index contributed by atoms with van der Waals surface area (Å²) in [5.41, 5.74) is 1.43. The fourth-order valence-electron chi connectivity index (χ4n) is 1.39. The Labute approximate surface area is 106 Å². The molecule has 94 valence electrons. The van der Waals surface area contributed by atoms with Crippen molar-refractivity contribution in [1.29, 1.82) is 0 Å². The van der Waals surface area contributed by atoms with Crippen LogP contribution in [0.4, 0.5) is 0 Å². The maximum absolute atomic E-state index is 11.4. The number of hydrogen-bond donors (Lipinski definition) is 1. The van der Waals surface area contributed by atoms with Gasteiger partial charge in [0.05, 0.1) is 12.1 Å². The van der Waals surface area contributed by atoms with Crippen molar-refractivity contribution >= 4 is 11.7 Å². The van der Waals surface area contributed by atoms with Crippen LogP contribution in [0.5, 0.6) is 5.75 Å². The molecular formula is C14H15NO3. The summed E-state index contributed by atoms with van der Waals surface area (Å²) in [5.74, 6) is 2.28. The van der Waals surface area contributed by atoms with E-state index < -0.39 is 0 Å². The van der Waals surface area contributed by atoms with E-state index in [0.29, 0.717) is 11.3 Å². The van der Waals surface area contributed by atoms with E-state index in [0.717, 1.165) is 5.56 Å². The van der Waals surface area contributed by atoms with Crippen LogP contribution < -0.4 is 10.1 Å². The number of rotatable bonds is 5. The average molecular weight is 245 g/mol. The van der Waals surface area contributed by atoms with Crippen LogP contribution in [0.1, 0.15) is 22.8 Å². The number of nitrogens with one attached hydrogen (secondary N) is 1. The monoisotopic (exact) mass is 245 g/mol. The summed E-state index contributed by atoms with van der Waals surface area (Å²) < 4.78 is 5.31. The van der Waals surface area contributed by atoms with E-state index in [1.807, 2.05) is 13.0 Å². The van der Waals surface area contributed by atoms with Gasteiger partial charge in [-0.3, -0.25) is 9.59 Å². The third kappa shape index (κ3) is 3.95. The molecule has 0 fully saturated rings. The summed E-state index contributed by atoms with van der Waals surface area (Å²) in [6.45, 7) is 3.34. The number of carbonyl (C=O) groups excluding carboxylic acids is 2. The van der Waals surface area contributed by atoms with E-state index in [1.54, 1.807) is 12.1 Å². The number of amides is 1. The Kier molecular flexibility index (Phi) is 4.94. The number of ether oxygens (including phenoxy) is 1. The molecule has 1 N–H and O–H groups in total.